The monoisotopic (exact) mass is 677 g/mol. The van der Waals surface area contributed by atoms with Gasteiger partial charge < -0.3 is 4.42 Å². The van der Waals surface area contributed by atoms with Crippen LogP contribution in [0.15, 0.2) is 192 Å². The summed E-state index contributed by atoms with van der Waals surface area (Å²) in [5.74, 6) is 1.83. The van der Waals surface area contributed by atoms with Crippen LogP contribution in [0.25, 0.3) is 100 Å². The van der Waals surface area contributed by atoms with Crippen LogP contribution in [0.4, 0.5) is 0 Å². The van der Waals surface area contributed by atoms with E-state index in [1.807, 2.05) is 18.2 Å². The van der Waals surface area contributed by atoms with Gasteiger partial charge in [0.25, 0.3) is 0 Å². The predicted molar refractivity (Wildman–Crippen MR) is 217 cm³/mol. The summed E-state index contributed by atoms with van der Waals surface area (Å²) in [6.07, 6.45) is 0. The van der Waals surface area contributed by atoms with Crippen LogP contribution in [-0.2, 0) is 0 Å². The number of rotatable bonds is 6. The molecule has 0 aliphatic rings. The van der Waals surface area contributed by atoms with Gasteiger partial charge in [-0.2, -0.15) is 0 Å². The lowest BCUT2D eigenvalue weighted by Gasteiger charge is -2.12. The molecule has 53 heavy (non-hydrogen) atoms. The van der Waals surface area contributed by atoms with Crippen LogP contribution in [-0.4, -0.2) is 15.0 Å². The highest BCUT2D eigenvalue weighted by atomic mass is 16.3. The zero-order valence-corrected chi connectivity index (χ0v) is 28.6. The number of hydrogen-bond acceptors (Lipinski definition) is 4. The molecule has 2 heterocycles. The topological polar surface area (TPSA) is 51.8 Å². The first-order valence-corrected chi connectivity index (χ1v) is 17.8. The predicted octanol–water partition coefficient (Wildman–Crippen LogP) is 12.9. The normalized spacial score (nSPS) is 11.4. The minimum absolute atomic E-state index is 0.604. The van der Waals surface area contributed by atoms with Gasteiger partial charge in [0.1, 0.15) is 11.2 Å². The number of nitrogens with zero attached hydrogens (tertiary/aromatic N) is 3. The van der Waals surface area contributed by atoms with Crippen molar-refractivity contribution in [3.05, 3.63) is 188 Å². The fraction of sp³-hybridized carbons (Fsp3) is 0. The van der Waals surface area contributed by atoms with E-state index in [-0.39, 0.29) is 0 Å². The van der Waals surface area contributed by atoms with E-state index in [2.05, 4.69) is 170 Å². The Balaban J connectivity index is 1.22. The van der Waals surface area contributed by atoms with Crippen LogP contribution >= 0.6 is 0 Å². The Hall–Kier alpha value is -7.17. The van der Waals surface area contributed by atoms with Gasteiger partial charge in [0.2, 0.25) is 0 Å². The highest BCUT2D eigenvalue weighted by molar-refractivity contribution is 6.19. The fourth-order valence-corrected chi connectivity index (χ4v) is 7.28. The van der Waals surface area contributed by atoms with Crippen molar-refractivity contribution in [3.8, 4) is 67.5 Å². The summed E-state index contributed by atoms with van der Waals surface area (Å²) in [4.78, 5) is 15.7. The van der Waals surface area contributed by atoms with Crippen molar-refractivity contribution in [2.45, 2.75) is 0 Å². The average molecular weight is 678 g/mol. The van der Waals surface area contributed by atoms with Crippen LogP contribution in [0.2, 0.25) is 0 Å². The molecule has 0 unspecified atom stereocenters. The largest absolute Gasteiger partial charge is 0.455 e. The molecule has 248 valence electrons. The third kappa shape index (κ3) is 5.63. The van der Waals surface area contributed by atoms with Crippen molar-refractivity contribution in [1.82, 2.24) is 15.0 Å². The minimum atomic E-state index is 0.604. The number of aromatic nitrogens is 3. The molecule has 2 aromatic heterocycles. The SMILES string of the molecule is c1ccc(-c2cccc(-c3nc(-c4cccc(-c5ccccc5)c4)nc(-c4cc5c6cc(-c7ccccc7)ccc6oc5c5ccccc45)n3)c2)cc1. The van der Waals surface area contributed by atoms with Gasteiger partial charge >= 0.3 is 0 Å². The second-order valence-electron chi connectivity index (χ2n) is 13.2. The number of benzene rings is 8. The first kappa shape index (κ1) is 30.6. The van der Waals surface area contributed by atoms with Gasteiger partial charge in [-0.1, -0.05) is 158 Å². The summed E-state index contributed by atoms with van der Waals surface area (Å²) in [7, 11) is 0. The lowest BCUT2D eigenvalue weighted by molar-refractivity contribution is 0.673. The zero-order valence-electron chi connectivity index (χ0n) is 28.6. The second kappa shape index (κ2) is 12.9. The van der Waals surface area contributed by atoms with Crippen molar-refractivity contribution in [1.29, 1.82) is 0 Å². The van der Waals surface area contributed by atoms with E-state index < -0.39 is 0 Å². The Kier molecular flexibility index (Phi) is 7.43. The Bertz CT molecular complexity index is 2830. The van der Waals surface area contributed by atoms with Crippen molar-refractivity contribution in [2.24, 2.45) is 0 Å². The smallest absolute Gasteiger partial charge is 0.164 e. The molecule has 0 fully saturated rings. The van der Waals surface area contributed by atoms with E-state index in [9.17, 15) is 0 Å². The van der Waals surface area contributed by atoms with Crippen molar-refractivity contribution in [3.63, 3.8) is 0 Å². The summed E-state index contributed by atoms with van der Waals surface area (Å²) >= 11 is 0. The minimum Gasteiger partial charge on any atom is -0.455 e. The molecule has 0 aliphatic carbocycles. The molecule has 4 nitrogen and oxygen atoms in total. The van der Waals surface area contributed by atoms with Crippen LogP contribution in [0.5, 0.6) is 0 Å². The molecule has 0 atom stereocenters. The van der Waals surface area contributed by atoms with Gasteiger partial charge in [-0.15, -0.1) is 0 Å². The standard InChI is InChI=1S/C49H31N3O/c1-4-14-32(15-5-1)35-20-12-22-38(28-35)47-50-48(39-23-13-21-36(29-39)33-16-6-2-7-17-33)52-49(51-47)44-31-43-42-30-37(34-18-8-3-9-19-34)26-27-45(42)53-46(43)41-25-11-10-24-40(41)44/h1-31H. The molecule has 0 saturated heterocycles. The molecule has 0 aliphatic heterocycles. The van der Waals surface area contributed by atoms with Crippen LogP contribution in [0.1, 0.15) is 0 Å². The first-order valence-electron chi connectivity index (χ1n) is 17.8. The van der Waals surface area contributed by atoms with Crippen LogP contribution in [0.3, 0.4) is 0 Å². The molecule has 8 aromatic carbocycles. The highest BCUT2D eigenvalue weighted by Gasteiger charge is 2.20. The molecule has 10 aromatic rings. The van der Waals surface area contributed by atoms with E-state index in [0.29, 0.717) is 17.5 Å². The Morgan fingerprint density at radius 1 is 0.283 bits per heavy atom. The molecule has 0 N–H and O–H groups in total. The van der Waals surface area contributed by atoms with Gasteiger partial charge in [-0.25, -0.2) is 15.0 Å². The van der Waals surface area contributed by atoms with Gasteiger partial charge in [-0.3, -0.25) is 0 Å². The quantitative estimate of drug-likeness (QED) is 0.176. The molecular formula is C49H31N3O. The van der Waals surface area contributed by atoms with E-state index in [1.165, 1.54) is 0 Å². The highest BCUT2D eigenvalue weighted by Crippen LogP contribution is 2.41. The van der Waals surface area contributed by atoms with Crippen molar-refractivity contribution >= 4 is 32.7 Å². The third-order valence-electron chi connectivity index (χ3n) is 9.92. The van der Waals surface area contributed by atoms with E-state index in [4.69, 9.17) is 19.4 Å². The van der Waals surface area contributed by atoms with Gasteiger partial charge in [-0.05, 0) is 69.1 Å². The summed E-state index contributed by atoms with van der Waals surface area (Å²) in [5, 5.41) is 4.10. The zero-order chi connectivity index (χ0) is 35.1. The summed E-state index contributed by atoms with van der Waals surface area (Å²) in [6, 6.07) is 65.1. The molecule has 4 heteroatoms. The number of hydrogen-bond donors (Lipinski definition) is 0. The molecule has 0 saturated carbocycles. The number of furan rings is 1. The Morgan fingerprint density at radius 2 is 0.736 bits per heavy atom. The molecule has 10 rings (SSSR count). The molecule has 0 amide bonds. The summed E-state index contributed by atoms with van der Waals surface area (Å²) < 4.78 is 6.59. The van der Waals surface area contributed by atoms with Crippen LogP contribution in [0, 0.1) is 0 Å². The first-order chi connectivity index (χ1) is 26.2. The van der Waals surface area contributed by atoms with E-state index >= 15 is 0 Å². The fourth-order valence-electron chi connectivity index (χ4n) is 7.28. The Morgan fingerprint density at radius 3 is 1.30 bits per heavy atom. The van der Waals surface area contributed by atoms with Gasteiger partial charge in [0, 0.05) is 32.8 Å². The second-order valence-corrected chi connectivity index (χ2v) is 13.2. The Labute approximate surface area is 306 Å². The molecule has 0 bridgehead atoms. The average Bonchev–Trinajstić information content (AvgIpc) is 3.62. The maximum atomic E-state index is 6.59. The maximum Gasteiger partial charge on any atom is 0.164 e. The number of fused-ring (bicyclic) bond motifs is 5. The van der Waals surface area contributed by atoms with Gasteiger partial charge in [0.15, 0.2) is 17.5 Å². The van der Waals surface area contributed by atoms with E-state index in [1.54, 1.807) is 0 Å². The summed E-state index contributed by atoms with van der Waals surface area (Å²) in [5.41, 5.74) is 11.2. The molecule has 0 radical (unpaired) electrons. The third-order valence-corrected chi connectivity index (χ3v) is 9.92. The van der Waals surface area contributed by atoms with Crippen LogP contribution < -0.4 is 0 Å². The van der Waals surface area contributed by atoms with E-state index in [0.717, 1.165) is 82.8 Å². The van der Waals surface area contributed by atoms with Crippen molar-refractivity contribution < 1.29 is 4.42 Å². The lowest BCUT2D eigenvalue weighted by atomic mass is 9.98. The summed E-state index contributed by atoms with van der Waals surface area (Å²) in [6.45, 7) is 0. The lowest BCUT2D eigenvalue weighted by Crippen LogP contribution is -2.01. The molecule has 0 spiro atoms. The maximum absolute atomic E-state index is 6.59. The van der Waals surface area contributed by atoms with Crippen molar-refractivity contribution in [2.75, 3.05) is 0 Å². The van der Waals surface area contributed by atoms with Gasteiger partial charge in [0.05, 0.1) is 0 Å². The molecular weight excluding hydrogens is 647 g/mol.